The molecule has 0 bridgehead atoms. The average Bonchev–Trinajstić information content (AvgIpc) is 3.01. The number of quaternary nitrogens is 1. The van der Waals surface area contributed by atoms with Crippen molar-refractivity contribution < 1.29 is 37.3 Å². The lowest BCUT2D eigenvalue weighted by Gasteiger charge is -2.39. The summed E-state index contributed by atoms with van der Waals surface area (Å²) in [5.41, 5.74) is -0.639. The quantitative estimate of drug-likeness (QED) is 0.242. The van der Waals surface area contributed by atoms with Gasteiger partial charge in [0.25, 0.3) is 5.56 Å². The maximum atomic E-state index is 11.5. The zero-order valence-electron chi connectivity index (χ0n) is 15.0. The SMILES string of the molecule is C[C@H]1[C@@H](OS(=O)(=O)O)C[C@@H]2C[C@H]([C@H](O)c3cc(=O)[nH]c([O-])n3)[NH2+]C3=[N+]2[C@@H]1CN3. The smallest absolute Gasteiger partial charge is 0.441 e. The molecule has 0 unspecified atom stereocenters. The lowest BCUT2D eigenvalue weighted by atomic mass is 9.82. The van der Waals surface area contributed by atoms with E-state index >= 15 is 0 Å². The first-order valence-corrected chi connectivity index (χ1v) is 10.3. The van der Waals surface area contributed by atoms with Gasteiger partial charge in [-0.05, 0) is 0 Å². The molecule has 12 nitrogen and oxygen atoms in total. The van der Waals surface area contributed by atoms with Gasteiger partial charge in [0.15, 0.2) is 0 Å². The van der Waals surface area contributed by atoms with Gasteiger partial charge in [0, 0.05) is 24.8 Å². The Morgan fingerprint density at radius 3 is 2.89 bits per heavy atom. The number of aromatic amines is 1. The molecule has 6 N–H and O–H groups in total. The fraction of sp³-hybridized carbons (Fsp3) is 0.667. The van der Waals surface area contributed by atoms with E-state index in [0.29, 0.717) is 19.4 Å². The van der Waals surface area contributed by atoms with Crippen LogP contribution in [-0.2, 0) is 14.6 Å². The Kier molecular flexibility index (Phi) is 4.66. The summed E-state index contributed by atoms with van der Waals surface area (Å²) in [5.74, 6) is 0.671. The molecule has 1 aromatic heterocycles. The van der Waals surface area contributed by atoms with Crippen molar-refractivity contribution in [3.05, 3.63) is 22.1 Å². The number of rotatable bonds is 4. The summed E-state index contributed by atoms with van der Waals surface area (Å²) in [6.45, 7) is 2.45. The van der Waals surface area contributed by atoms with Crippen LogP contribution in [0.1, 0.15) is 31.6 Å². The van der Waals surface area contributed by atoms with Gasteiger partial charge in [-0.15, -0.1) is 0 Å². The second kappa shape index (κ2) is 6.77. The van der Waals surface area contributed by atoms with Gasteiger partial charge in [-0.2, -0.15) is 8.42 Å². The summed E-state index contributed by atoms with van der Waals surface area (Å²) < 4.78 is 38.6. The Labute approximate surface area is 160 Å². The van der Waals surface area contributed by atoms with E-state index in [1.54, 1.807) is 0 Å². The molecule has 1 aromatic rings. The number of H-pyrrole nitrogens is 1. The first kappa shape index (κ1) is 19.3. The molecule has 0 aromatic carbocycles. The van der Waals surface area contributed by atoms with Gasteiger partial charge in [-0.3, -0.25) is 9.35 Å². The lowest BCUT2D eigenvalue weighted by molar-refractivity contribution is -0.726. The molecule has 0 radical (unpaired) electrons. The van der Waals surface area contributed by atoms with Crippen LogP contribution in [-0.4, -0.2) is 69.4 Å². The third kappa shape index (κ3) is 3.51. The van der Waals surface area contributed by atoms with Crippen molar-refractivity contribution in [2.45, 2.75) is 50.1 Å². The van der Waals surface area contributed by atoms with Crippen molar-refractivity contribution in [2.24, 2.45) is 5.92 Å². The lowest BCUT2D eigenvalue weighted by Crippen LogP contribution is -3.00. The van der Waals surface area contributed by atoms with E-state index in [2.05, 4.69) is 14.9 Å². The first-order valence-electron chi connectivity index (χ1n) is 8.98. The number of nitrogens with zero attached hydrogens (tertiary/aromatic N) is 2. The molecule has 1 fully saturated rings. The Hall–Kier alpha value is -2.06. The zero-order valence-corrected chi connectivity index (χ0v) is 15.8. The van der Waals surface area contributed by atoms with E-state index in [9.17, 15) is 23.4 Å². The second-order valence-electron chi connectivity index (χ2n) is 7.54. The van der Waals surface area contributed by atoms with Crippen LogP contribution < -0.4 is 21.3 Å². The molecule has 0 amide bonds. The number of aliphatic hydroxyl groups excluding tert-OH is 1. The largest absolute Gasteiger partial charge is 0.846 e. The first-order chi connectivity index (χ1) is 13.1. The topological polar surface area (TPSA) is 184 Å². The maximum absolute atomic E-state index is 11.5. The number of hydrogen-bond donors (Lipinski definition) is 5. The van der Waals surface area contributed by atoms with Gasteiger partial charge in [-0.25, -0.2) is 24.4 Å². The summed E-state index contributed by atoms with van der Waals surface area (Å²) in [4.78, 5) is 17.2. The Morgan fingerprint density at radius 1 is 1.46 bits per heavy atom. The summed E-state index contributed by atoms with van der Waals surface area (Å²) in [6, 6.07) is -0.318. The molecule has 154 valence electrons. The highest BCUT2D eigenvalue weighted by Gasteiger charge is 2.55. The predicted molar refractivity (Wildman–Crippen MR) is 90.6 cm³/mol. The molecule has 28 heavy (non-hydrogen) atoms. The highest BCUT2D eigenvalue weighted by Crippen LogP contribution is 2.33. The fourth-order valence-corrected chi connectivity index (χ4v) is 5.16. The highest BCUT2D eigenvalue weighted by molar-refractivity contribution is 7.80. The van der Waals surface area contributed by atoms with Crippen LogP contribution in [0.15, 0.2) is 10.9 Å². The summed E-state index contributed by atoms with van der Waals surface area (Å²) in [5, 5.41) is 27.3. The molecule has 0 saturated carbocycles. The molecule has 6 atom stereocenters. The van der Waals surface area contributed by atoms with Crippen molar-refractivity contribution >= 4 is 16.4 Å². The Bertz CT molecular complexity index is 977. The van der Waals surface area contributed by atoms with Crippen molar-refractivity contribution in [1.82, 2.24) is 15.3 Å². The third-order valence-electron chi connectivity index (χ3n) is 5.83. The van der Waals surface area contributed by atoms with E-state index in [1.165, 1.54) is 0 Å². The molecule has 0 aliphatic carbocycles. The summed E-state index contributed by atoms with van der Waals surface area (Å²) in [6.07, 6.45) is -1.06. The molecule has 1 saturated heterocycles. The van der Waals surface area contributed by atoms with Crippen molar-refractivity contribution in [2.75, 3.05) is 6.54 Å². The molecule has 4 rings (SSSR count). The standard InChI is InChI=1S/C15H21N5O7S/c1-6-10-5-16-14-17-8(13(22)9-4-12(21)19-15(23)18-9)2-7(20(10)14)3-11(6)27-28(24,25)26/h4,6-8,10-11,13,22H,2-3,5H2,1H3,(H4,16,17,18,19,21,23,24,25,26)/p+1/t6-,7+,8-,10-,11+,13+/m1/s1. The summed E-state index contributed by atoms with van der Waals surface area (Å²) in [7, 11) is -4.58. The normalized spacial score (nSPS) is 33.3. The summed E-state index contributed by atoms with van der Waals surface area (Å²) >= 11 is 0. The van der Waals surface area contributed by atoms with Gasteiger partial charge in [0.2, 0.25) is 0 Å². The van der Waals surface area contributed by atoms with Crippen LogP contribution in [0, 0.1) is 5.92 Å². The van der Waals surface area contributed by atoms with Crippen molar-refractivity contribution in [3.8, 4) is 6.01 Å². The van der Waals surface area contributed by atoms with E-state index in [4.69, 9.17) is 8.74 Å². The molecule has 4 heterocycles. The van der Waals surface area contributed by atoms with Gasteiger partial charge in [-0.1, -0.05) is 6.92 Å². The minimum Gasteiger partial charge on any atom is -0.846 e. The van der Waals surface area contributed by atoms with Crippen LogP contribution in [0.2, 0.25) is 0 Å². The highest BCUT2D eigenvalue weighted by atomic mass is 32.3. The van der Waals surface area contributed by atoms with Crippen LogP contribution in [0.25, 0.3) is 0 Å². The van der Waals surface area contributed by atoms with Gasteiger partial charge in [0.1, 0.15) is 30.8 Å². The van der Waals surface area contributed by atoms with Gasteiger partial charge < -0.3 is 15.2 Å². The molecule has 13 heteroatoms. The number of piperidine rings is 1. The van der Waals surface area contributed by atoms with Crippen LogP contribution in [0.5, 0.6) is 6.01 Å². The minimum atomic E-state index is -4.58. The number of nitrogens with one attached hydrogen (secondary N) is 2. The molecular formula is C15H22N5O7S+. The number of hydrogen-bond acceptors (Lipinski definition) is 8. The van der Waals surface area contributed by atoms with E-state index in [-0.39, 0.29) is 23.7 Å². The van der Waals surface area contributed by atoms with Crippen molar-refractivity contribution in [3.63, 3.8) is 0 Å². The molecular weight excluding hydrogens is 394 g/mol. The Balaban J connectivity index is 1.60. The number of guanidine groups is 1. The molecule has 3 aliphatic heterocycles. The number of aromatic nitrogens is 2. The van der Waals surface area contributed by atoms with E-state index in [1.807, 2.05) is 17.2 Å². The average molecular weight is 416 g/mol. The number of aliphatic hydroxyl groups is 1. The van der Waals surface area contributed by atoms with Gasteiger partial charge >= 0.3 is 16.4 Å². The Morgan fingerprint density at radius 2 is 2.21 bits per heavy atom. The third-order valence-corrected chi connectivity index (χ3v) is 6.32. The van der Waals surface area contributed by atoms with E-state index < -0.39 is 40.2 Å². The van der Waals surface area contributed by atoms with Crippen LogP contribution in [0.4, 0.5) is 0 Å². The number of nitrogens with two attached hydrogens (primary N) is 1. The fourth-order valence-electron chi connectivity index (χ4n) is 4.60. The van der Waals surface area contributed by atoms with Crippen molar-refractivity contribution in [1.29, 1.82) is 0 Å². The van der Waals surface area contributed by atoms with Crippen LogP contribution >= 0.6 is 0 Å². The minimum absolute atomic E-state index is 0.00601. The predicted octanol–water partition coefficient (Wildman–Crippen LogP) is -3.85. The zero-order chi connectivity index (χ0) is 20.2. The molecule has 3 aliphatic rings. The maximum Gasteiger partial charge on any atom is 0.441 e. The second-order valence-corrected chi connectivity index (χ2v) is 8.59. The molecule has 0 spiro atoms. The van der Waals surface area contributed by atoms with E-state index in [0.717, 1.165) is 12.0 Å². The van der Waals surface area contributed by atoms with Gasteiger partial charge in [0.05, 0.1) is 17.8 Å². The van der Waals surface area contributed by atoms with Crippen LogP contribution in [0.3, 0.4) is 0 Å². The monoisotopic (exact) mass is 416 g/mol.